The second-order valence-electron chi connectivity index (χ2n) is 5.54. The number of hydrogen-bond acceptors (Lipinski definition) is 1. The minimum Gasteiger partial charge on any atom is -0.354 e. The molecule has 0 atom stereocenters. The topological polar surface area (TPSA) is 32.9 Å². The average molecular weight is 297 g/mol. The van der Waals surface area contributed by atoms with Gasteiger partial charge >= 0.3 is 0 Å². The number of hydrogen-bond donors (Lipinski definition) is 1. The second-order valence-corrected chi connectivity index (χ2v) is 5.54. The van der Waals surface area contributed by atoms with Crippen molar-refractivity contribution < 1.29 is 4.79 Å². The predicted molar refractivity (Wildman–Crippen MR) is 95.6 cm³/mol. The molecule has 110 valence electrons. The van der Waals surface area contributed by atoms with Crippen LogP contribution >= 0.6 is 0 Å². The van der Waals surface area contributed by atoms with Gasteiger partial charge in [-0.25, -0.2) is 0 Å². The van der Waals surface area contributed by atoms with Gasteiger partial charge in [-0.15, -0.1) is 0 Å². The molecule has 0 bridgehead atoms. The fourth-order valence-electron chi connectivity index (χ4n) is 2.84. The molecule has 0 saturated heterocycles. The maximum Gasteiger partial charge on any atom is 0.185 e. The number of benzene rings is 3. The van der Waals surface area contributed by atoms with E-state index < -0.39 is 0 Å². The number of aromatic amines is 1. The summed E-state index contributed by atoms with van der Waals surface area (Å²) in [5.41, 5.74) is 3.79. The van der Waals surface area contributed by atoms with Crippen molar-refractivity contribution in [3.05, 3.63) is 90.0 Å². The molecule has 23 heavy (non-hydrogen) atoms. The van der Waals surface area contributed by atoms with Gasteiger partial charge in [0.1, 0.15) is 0 Å². The van der Waals surface area contributed by atoms with E-state index in [1.807, 2.05) is 72.8 Å². The number of carbonyl (C=O) groups excluding carboxylic acids is 1. The van der Waals surface area contributed by atoms with E-state index in [4.69, 9.17) is 0 Å². The van der Waals surface area contributed by atoms with Crippen LogP contribution in [0.15, 0.2) is 78.9 Å². The first kappa shape index (κ1) is 13.5. The standard InChI is InChI=1S/C21H15NO/c23-21(13-10-15-6-2-1-3-7-15)16-11-12-18-17-8-4-5-9-19(17)22-20(18)14-16/h1-14,22H. The van der Waals surface area contributed by atoms with Gasteiger partial charge in [0.15, 0.2) is 5.78 Å². The zero-order valence-corrected chi connectivity index (χ0v) is 12.5. The van der Waals surface area contributed by atoms with Crippen molar-refractivity contribution in [3.8, 4) is 0 Å². The molecule has 0 radical (unpaired) electrons. The van der Waals surface area contributed by atoms with E-state index in [0.29, 0.717) is 5.56 Å². The summed E-state index contributed by atoms with van der Waals surface area (Å²) in [5.74, 6) is 0.00871. The summed E-state index contributed by atoms with van der Waals surface area (Å²) in [6.07, 6.45) is 3.47. The van der Waals surface area contributed by atoms with Gasteiger partial charge in [-0.05, 0) is 23.8 Å². The number of fused-ring (bicyclic) bond motifs is 3. The highest BCUT2D eigenvalue weighted by atomic mass is 16.1. The Hall–Kier alpha value is -3.13. The van der Waals surface area contributed by atoms with Crippen LogP contribution in [-0.2, 0) is 0 Å². The zero-order valence-electron chi connectivity index (χ0n) is 12.5. The van der Waals surface area contributed by atoms with Crippen LogP contribution in [0, 0.1) is 0 Å². The van der Waals surface area contributed by atoms with Gasteiger partial charge in [0.25, 0.3) is 0 Å². The van der Waals surface area contributed by atoms with Crippen molar-refractivity contribution in [2.24, 2.45) is 0 Å². The Morgan fingerprint density at radius 1 is 0.783 bits per heavy atom. The summed E-state index contributed by atoms with van der Waals surface area (Å²) in [7, 11) is 0. The SMILES string of the molecule is O=C(C=Cc1ccccc1)c1ccc2c(c1)[nH]c1ccccc12. The summed E-state index contributed by atoms with van der Waals surface area (Å²) >= 11 is 0. The largest absolute Gasteiger partial charge is 0.354 e. The van der Waals surface area contributed by atoms with Crippen LogP contribution in [-0.4, -0.2) is 10.8 Å². The van der Waals surface area contributed by atoms with Gasteiger partial charge < -0.3 is 4.98 Å². The van der Waals surface area contributed by atoms with Gasteiger partial charge in [-0.2, -0.15) is 0 Å². The number of rotatable bonds is 3. The smallest absolute Gasteiger partial charge is 0.185 e. The molecule has 4 aromatic rings. The third-order valence-corrected chi connectivity index (χ3v) is 4.02. The van der Waals surface area contributed by atoms with Crippen molar-refractivity contribution in [2.75, 3.05) is 0 Å². The number of ketones is 1. The van der Waals surface area contributed by atoms with Crippen LogP contribution in [0.2, 0.25) is 0 Å². The van der Waals surface area contributed by atoms with Crippen LogP contribution in [0.3, 0.4) is 0 Å². The lowest BCUT2D eigenvalue weighted by atomic mass is 10.1. The van der Waals surface area contributed by atoms with Gasteiger partial charge in [0.05, 0.1) is 0 Å². The Morgan fingerprint density at radius 2 is 1.52 bits per heavy atom. The molecule has 0 aliphatic carbocycles. The number of nitrogens with one attached hydrogen (secondary N) is 1. The maximum atomic E-state index is 12.4. The average Bonchev–Trinajstić information content (AvgIpc) is 2.98. The summed E-state index contributed by atoms with van der Waals surface area (Å²) in [4.78, 5) is 15.7. The fraction of sp³-hybridized carbons (Fsp3) is 0. The molecule has 2 nitrogen and oxygen atoms in total. The summed E-state index contributed by atoms with van der Waals surface area (Å²) in [6, 6.07) is 23.8. The summed E-state index contributed by atoms with van der Waals surface area (Å²) < 4.78 is 0. The minimum absolute atomic E-state index is 0.00871. The van der Waals surface area contributed by atoms with E-state index in [9.17, 15) is 4.79 Å². The molecule has 0 aliphatic heterocycles. The fourth-order valence-corrected chi connectivity index (χ4v) is 2.84. The van der Waals surface area contributed by atoms with Crippen LogP contribution in [0.5, 0.6) is 0 Å². The quantitative estimate of drug-likeness (QED) is 0.408. The normalized spacial score (nSPS) is 11.5. The van der Waals surface area contributed by atoms with Crippen LogP contribution < -0.4 is 0 Å². The summed E-state index contributed by atoms with van der Waals surface area (Å²) in [6.45, 7) is 0. The number of H-pyrrole nitrogens is 1. The Balaban J connectivity index is 1.70. The van der Waals surface area contributed by atoms with Crippen molar-refractivity contribution >= 4 is 33.7 Å². The van der Waals surface area contributed by atoms with Crippen LogP contribution in [0.25, 0.3) is 27.9 Å². The molecule has 0 unspecified atom stereocenters. The van der Waals surface area contributed by atoms with Gasteiger partial charge in [-0.3, -0.25) is 4.79 Å². The van der Waals surface area contributed by atoms with Crippen molar-refractivity contribution in [3.63, 3.8) is 0 Å². The van der Waals surface area contributed by atoms with E-state index in [1.165, 1.54) is 5.39 Å². The Labute approximate surface area is 134 Å². The third kappa shape index (κ3) is 2.55. The third-order valence-electron chi connectivity index (χ3n) is 4.02. The number of allylic oxidation sites excluding steroid dienone is 1. The predicted octanol–water partition coefficient (Wildman–Crippen LogP) is 5.22. The number of para-hydroxylation sites is 1. The van der Waals surface area contributed by atoms with Crippen molar-refractivity contribution in [1.82, 2.24) is 4.98 Å². The van der Waals surface area contributed by atoms with E-state index >= 15 is 0 Å². The molecule has 4 rings (SSSR count). The van der Waals surface area contributed by atoms with E-state index in [0.717, 1.165) is 22.0 Å². The molecule has 3 aromatic carbocycles. The number of carbonyl (C=O) groups is 1. The molecule has 1 heterocycles. The van der Waals surface area contributed by atoms with E-state index in [2.05, 4.69) is 11.1 Å². The molecule has 0 spiro atoms. The highest BCUT2D eigenvalue weighted by Crippen LogP contribution is 2.26. The molecule has 1 aromatic heterocycles. The lowest BCUT2D eigenvalue weighted by molar-refractivity contribution is 0.104. The highest BCUT2D eigenvalue weighted by Gasteiger charge is 2.07. The summed E-state index contributed by atoms with van der Waals surface area (Å²) in [5, 5.41) is 2.32. The van der Waals surface area contributed by atoms with Crippen molar-refractivity contribution in [1.29, 1.82) is 0 Å². The Morgan fingerprint density at radius 3 is 2.39 bits per heavy atom. The van der Waals surface area contributed by atoms with Crippen LogP contribution in [0.1, 0.15) is 15.9 Å². The number of aromatic nitrogens is 1. The van der Waals surface area contributed by atoms with Crippen molar-refractivity contribution in [2.45, 2.75) is 0 Å². The first-order valence-corrected chi connectivity index (χ1v) is 7.59. The monoisotopic (exact) mass is 297 g/mol. The first-order valence-electron chi connectivity index (χ1n) is 7.59. The van der Waals surface area contributed by atoms with Crippen LogP contribution in [0.4, 0.5) is 0 Å². The molecular weight excluding hydrogens is 282 g/mol. The first-order chi connectivity index (χ1) is 11.3. The van der Waals surface area contributed by atoms with Gasteiger partial charge in [0, 0.05) is 27.4 Å². The lowest BCUT2D eigenvalue weighted by Crippen LogP contribution is -1.93. The van der Waals surface area contributed by atoms with Gasteiger partial charge in [0.2, 0.25) is 0 Å². The lowest BCUT2D eigenvalue weighted by Gasteiger charge is -1.97. The Bertz CT molecular complexity index is 1030. The Kier molecular flexibility index (Phi) is 3.28. The van der Waals surface area contributed by atoms with E-state index in [-0.39, 0.29) is 5.78 Å². The molecule has 1 N–H and O–H groups in total. The molecule has 0 aliphatic rings. The molecular formula is C21H15NO. The highest BCUT2D eigenvalue weighted by molar-refractivity contribution is 6.12. The maximum absolute atomic E-state index is 12.4. The van der Waals surface area contributed by atoms with Gasteiger partial charge in [-0.1, -0.05) is 66.7 Å². The minimum atomic E-state index is 0.00871. The molecule has 0 saturated carbocycles. The molecule has 0 amide bonds. The second kappa shape index (κ2) is 5.58. The molecule has 0 fully saturated rings. The zero-order chi connectivity index (χ0) is 15.6. The molecule has 2 heteroatoms. The van der Waals surface area contributed by atoms with E-state index in [1.54, 1.807) is 6.08 Å².